The fourth-order valence-corrected chi connectivity index (χ4v) is 2.37. The van der Waals surface area contributed by atoms with Crippen LogP contribution in [0.2, 0.25) is 0 Å². The molecule has 1 heteroatoms. The quantitative estimate of drug-likeness (QED) is 0.535. The minimum absolute atomic E-state index is 0.860. The van der Waals surface area contributed by atoms with Crippen molar-refractivity contribution in [2.24, 2.45) is 11.8 Å². The van der Waals surface area contributed by atoms with Crippen molar-refractivity contribution in [3.63, 3.8) is 0 Å². The van der Waals surface area contributed by atoms with Crippen molar-refractivity contribution >= 4 is 0 Å². The first-order chi connectivity index (χ1) is 6.83. The summed E-state index contributed by atoms with van der Waals surface area (Å²) in [6.07, 6.45) is 7.13. The molecule has 14 heavy (non-hydrogen) atoms. The first-order valence-electron chi connectivity index (χ1n) is 5.93. The van der Waals surface area contributed by atoms with E-state index in [-0.39, 0.29) is 0 Å². The van der Waals surface area contributed by atoms with Gasteiger partial charge in [-0.25, -0.2) is 0 Å². The average Bonchev–Trinajstić information content (AvgIpc) is 2.18. The number of hydrogen-bond donors (Lipinski definition) is 1. The second-order valence-corrected chi connectivity index (χ2v) is 4.53. The van der Waals surface area contributed by atoms with Gasteiger partial charge in [-0.1, -0.05) is 32.1 Å². The fourth-order valence-electron chi connectivity index (χ4n) is 2.37. The molecule has 0 aromatic rings. The highest BCUT2D eigenvalue weighted by Crippen LogP contribution is 2.30. The molecule has 1 aliphatic rings. The Morgan fingerprint density at radius 1 is 1.36 bits per heavy atom. The second-order valence-electron chi connectivity index (χ2n) is 4.53. The third kappa shape index (κ3) is 4.67. The summed E-state index contributed by atoms with van der Waals surface area (Å²) < 4.78 is 0. The molecule has 0 aromatic heterocycles. The number of nitrogens with one attached hydrogen (secondary N) is 1. The van der Waals surface area contributed by atoms with Crippen molar-refractivity contribution in [2.75, 3.05) is 13.1 Å². The van der Waals surface area contributed by atoms with Gasteiger partial charge in [0.2, 0.25) is 0 Å². The molecule has 1 fully saturated rings. The van der Waals surface area contributed by atoms with Crippen LogP contribution >= 0.6 is 0 Å². The zero-order valence-electron chi connectivity index (χ0n) is 9.60. The van der Waals surface area contributed by atoms with E-state index in [0.29, 0.717) is 0 Å². The molecule has 1 aliphatic carbocycles. The Kier molecular flexibility index (Phi) is 5.71. The largest absolute Gasteiger partial charge is 0.306 e. The van der Waals surface area contributed by atoms with Gasteiger partial charge in [-0.05, 0) is 38.1 Å². The lowest BCUT2D eigenvalue weighted by Crippen LogP contribution is -2.21. The molecule has 1 N–H and O–H groups in total. The summed E-state index contributed by atoms with van der Waals surface area (Å²) in [6, 6.07) is 0. The Hall–Kier alpha value is -0.480. The smallest absolute Gasteiger partial charge is 0.0576 e. The summed E-state index contributed by atoms with van der Waals surface area (Å²) in [4.78, 5) is 0. The minimum Gasteiger partial charge on any atom is -0.306 e. The van der Waals surface area contributed by atoms with Gasteiger partial charge in [0.25, 0.3) is 0 Å². The summed E-state index contributed by atoms with van der Waals surface area (Å²) in [7, 11) is 0. The molecule has 80 valence electrons. The zero-order chi connectivity index (χ0) is 10.2. The van der Waals surface area contributed by atoms with Crippen molar-refractivity contribution in [1.29, 1.82) is 0 Å². The lowest BCUT2D eigenvalue weighted by molar-refractivity contribution is 0.268. The lowest BCUT2D eigenvalue weighted by atomic mass is 9.81. The molecule has 2 atom stereocenters. The second kappa shape index (κ2) is 6.90. The molecule has 2 unspecified atom stereocenters. The maximum absolute atomic E-state index is 3.37. The molecule has 0 amide bonds. The van der Waals surface area contributed by atoms with E-state index >= 15 is 0 Å². The van der Waals surface area contributed by atoms with Gasteiger partial charge in [-0.2, -0.15) is 0 Å². The molecule has 0 bridgehead atoms. The minimum atomic E-state index is 0.860. The molecular weight excluding hydrogens is 170 g/mol. The van der Waals surface area contributed by atoms with Crippen LogP contribution in [0, 0.1) is 23.7 Å². The average molecular weight is 193 g/mol. The van der Waals surface area contributed by atoms with Crippen molar-refractivity contribution in [3.05, 3.63) is 0 Å². The Balaban J connectivity index is 2.02. The van der Waals surface area contributed by atoms with Crippen molar-refractivity contribution in [2.45, 2.75) is 46.0 Å². The molecule has 0 aromatic carbocycles. The van der Waals surface area contributed by atoms with E-state index in [1.807, 2.05) is 6.92 Å². The van der Waals surface area contributed by atoms with Crippen LogP contribution in [0.5, 0.6) is 0 Å². The van der Waals surface area contributed by atoms with E-state index in [0.717, 1.165) is 24.9 Å². The van der Waals surface area contributed by atoms with E-state index in [2.05, 4.69) is 24.1 Å². The van der Waals surface area contributed by atoms with Gasteiger partial charge >= 0.3 is 0 Å². The first kappa shape index (κ1) is 11.6. The number of hydrogen-bond acceptors (Lipinski definition) is 1. The van der Waals surface area contributed by atoms with Crippen LogP contribution in [-0.4, -0.2) is 13.1 Å². The van der Waals surface area contributed by atoms with Gasteiger partial charge in [0.05, 0.1) is 6.54 Å². The van der Waals surface area contributed by atoms with Crippen LogP contribution in [0.15, 0.2) is 0 Å². The van der Waals surface area contributed by atoms with E-state index < -0.39 is 0 Å². The van der Waals surface area contributed by atoms with Gasteiger partial charge in [-0.15, -0.1) is 5.92 Å². The first-order valence-corrected chi connectivity index (χ1v) is 5.93. The normalized spacial score (nSPS) is 26.7. The van der Waals surface area contributed by atoms with Gasteiger partial charge in [0.1, 0.15) is 0 Å². The van der Waals surface area contributed by atoms with E-state index in [1.54, 1.807) is 0 Å². The van der Waals surface area contributed by atoms with Crippen LogP contribution in [-0.2, 0) is 0 Å². The van der Waals surface area contributed by atoms with E-state index in [1.165, 1.54) is 32.1 Å². The molecule has 0 saturated heterocycles. The molecule has 0 radical (unpaired) electrons. The van der Waals surface area contributed by atoms with Crippen LogP contribution in [0.3, 0.4) is 0 Å². The Morgan fingerprint density at radius 2 is 2.21 bits per heavy atom. The van der Waals surface area contributed by atoms with Gasteiger partial charge in [-0.3, -0.25) is 0 Å². The van der Waals surface area contributed by atoms with Crippen molar-refractivity contribution in [1.82, 2.24) is 5.32 Å². The number of rotatable bonds is 4. The maximum atomic E-state index is 3.37. The van der Waals surface area contributed by atoms with E-state index in [9.17, 15) is 0 Å². The molecule has 0 aliphatic heterocycles. The third-order valence-electron chi connectivity index (χ3n) is 3.16. The Morgan fingerprint density at radius 3 is 2.93 bits per heavy atom. The monoisotopic (exact) mass is 193 g/mol. The summed E-state index contributed by atoms with van der Waals surface area (Å²) in [5.74, 6) is 7.87. The summed E-state index contributed by atoms with van der Waals surface area (Å²) in [5.41, 5.74) is 0. The topological polar surface area (TPSA) is 12.0 Å². The Bertz CT molecular complexity index is 199. The van der Waals surface area contributed by atoms with Crippen LogP contribution < -0.4 is 5.32 Å². The molecule has 1 rings (SSSR count). The summed E-state index contributed by atoms with van der Waals surface area (Å²) >= 11 is 0. The van der Waals surface area contributed by atoms with Crippen molar-refractivity contribution in [3.8, 4) is 11.8 Å². The SMILES string of the molecule is CC#CCNCCC1CCCC(C)C1. The molecule has 1 saturated carbocycles. The predicted molar refractivity (Wildman–Crippen MR) is 62.1 cm³/mol. The predicted octanol–water partition coefficient (Wildman–Crippen LogP) is 2.82. The fraction of sp³-hybridized carbons (Fsp3) is 0.846. The van der Waals surface area contributed by atoms with Crippen LogP contribution in [0.4, 0.5) is 0 Å². The Labute approximate surface area is 88.7 Å². The highest BCUT2D eigenvalue weighted by molar-refractivity contribution is 4.96. The lowest BCUT2D eigenvalue weighted by Gasteiger charge is -2.26. The highest BCUT2D eigenvalue weighted by atomic mass is 14.8. The van der Waals surface area contributed by atoms with Crippen molar-refractivity contribution < 1.29 is 0 Å². The highest BCUT2D eigenvalue weighted by Gasteiger charge is 2.17. The summed E-state index contributed by atoms with van der Waals surface area (Å²) in [6.45, 7) is 6.29. The van der Waals surface area contributed by atoms with E-state index in [4.69, 9.17) is 0 Å². The third-order valence-corrected chi connectivity index (χ3v) is 3.16. The van der Waals surface area contributed by atoms with Gasteiger partial charge in [0, 0.05) is 0 Å². The molecule has 0 heterocycles. The van der Waals surface area contributed by atoms with Gasteiger partial charge in [0.15, 0.2) is 0 Å². The zero-order valence-corrected chi connectivity index (χ0v) is 9.60. The van der Waals surface area contributed by atoms with Gasteiger partial charge < -0.3 is 5.32 Å². The standard InChI is InChI=1S/C13H23N/c1-3-4-9-14-10-8-13-7-5-6-12(2)11-13/h12-14H,5-11H2,1-2H3. The molecular formula is C13H23N. The van der Waals surface area contributed by atoms with Crippen LogP contribution in [0.1, 0.15) is 46.0 Å². The van der Waals surface area contributed by atoms with Crippen LogP contribution in [0.25, 0.3) is 0 Å². The maximum Gasteiger partial charge on any atom is 0.0576 e. The molecule has 0 spiro atoms. The molecule has 1 nitrogen and oxygen atoms in total. The summed E-state index contributed by atoms with van der Waals surface area (Å²) in [5, 5.41) is 3.37.